The second-order valence-corrected chi connectivity index (χ2v) is 9.77. The van der Waals surface area contributed by atoms with Gasteiger partial charge in [0.2, 0.25) is 0 Å². The van der Waals surface area contributed by atoms with Gasteiger partial charge in [-0.3, -0.25) is 0 Å². The van der Waals surface area contributed by atoms with Gasteiger partial charge in [0.1, 0.15) is 6.10 Å². The maximum absolute atomic E-state index is 10.1. The third-order valence-electron chi connectivity index (χ3n) is 2.21. The van der Waals surface area contributed by atoms with Crippen LogP contribution in [0.1, 0.15) is 18.6 Å². The van der Waals surface area contributed by atoms with E-state index in [9.17, 15) is 5.11 Å². The third kappa shape index (κ3) is 3.90. The lowest BCUT2D eigenvalue weighted by atomic mass is 10.1. The first kappa shape index (κ1) is 13.7. The summed E-state index contributed by atoms with van der Waals surface area (Å²) in [5.74, 6) is 0. The molecule has 0 aliphatic rings. The van der Waals surface area contributed by atoms with E-state index in [1.54, 1.807) is 6.07 Å². The van der Waals surface area contributed by atoms with E-state index in [4.69, 9.17) is 16.0 Å². The molecule has 1 aromatic rings. The van der Waals surface area contributed by atoms with Crippen LogP contribution in [0.4, 0.5) is 0 Å². The molecule has 0 heterocycles. The summed E-state index contributed by atoms with van der Waals surface area (Å²) in [6.45, 7) is 8.18. The Labute approximate surface area is 103 Å². The molecule has 1 N–H and O–H groups in total. The van der Waals surface area contributed by atoms with Gasteiger partial charge in [0, 0.05) is 10.6 Å². The lowest BCUT2D eigenvalue weighted by molar-refractivity contribution is 0.0421. The van der Waals surface area contributed by atoms with E-state index in [1.165, 1.54) is 0 Å². The summed E-state index contributed by atoms with van der Waals surface area (Å²) in [5.41, 5.74) is 0.731. The number of benzene rings is 1. The maximum Gasteiger partial charge on any atom is 0.184 e. The number of aliphatic hydroxyl groups is 1. The Kier molecular flexibility index (Phi) is 4.56. The van der Waals surface area contributed by atoms with Gasteiger partial charge in [0.15, 0.2) is 8.32 Å². The highest BCUT2D eigenvalue weighted by molar-refractivity contribution is 6.69. The zero-order chi connectivity index (χ0) is 12.3. The topological polar surface area (TPSA) is 29.5 Å². The van der Waals surface area contributed by atoms with Crippen molar-refractivity contribution in [3.05, 3.63) is 34.9 Å². The van der Waals surface area contributed by atoms with E-state index in [1.807, 2.05) is 25.1 Å². The highest BCUT2D eigenvalue weighted by Gasteiger charge is 2.25. The molecule has 90 valence electrons. The highest BCUT2D eigenvalue weighted by Crippen LogP contribution is 2.27. The molecule has 0 aliphatic carbocycles. The molecular formula is C12H19ClO2Si. The Morgan fingerprint density at radius 1 is 1.25 bits per heavy atom. The predicted octanol–water partition coefficient (Wildman–Crippen LogP) is 3.61. The Morgan fingerprint density at radius 3 is 2.31 bits per heavy atom. The van der Waals surface area contributed by atoms with E-state index < -0.39 is 14.4 Å². The van der Waals surface area contributed by atoms with E-state index >= 15 is 0 Å². The first-order valence-electron chi connectivity index (χ1n) is 5.41. The SMILES string of the molecule is C[C@@H](O[Si](C)(C)C)[C@@H](O)c1ccccc1Cl. The monoisotopic (exact) mass is 258 g/mol. The van der Waals surface area contributed by atoms with Crippen molar-refractivity contribution >= 4 is 19.9 Å². The summed E-state index contributed by atoms with van der Waals surface area (Å²) < 4.78 is 5.84. The molecule has 0 amide bonds. The molecule has 0 spiro atoms. The average molecular weight is 259 g/mol. The molecule has 1 rings (SSSR count). The smallest absolute Gasteiger partial charge is 0.184 e. The van der Waals surface area contributed by atoms with E-state index in [0.717, 1.165) is 5.56 Å². The van der Waals surface area contributed by atoms with Crippen LogP contribution in [0.5, 0.6) is 0 Å². The molecule has 1 aromatic carbocycles. The van der Waals surface area contributed by atoms with Crippen LogP contribution in [0.25, 0.3) is 0 Å². The van der Waals surface area contributed by atoms with Crippen LogP contribution < -0.4 is 0 Å². The fourth-order valence-corrected chi connectivity index (χ4v) is 3.08. The van der Waals surface area contributed by atoms with Crippen molar-refractivity contribution in [1.82, 2.24) is 0 Å². The molecule has 0 aliphatic heterocycles. The van der Waals surface area contributed by atoms with Gasteiger partial charge in [0.05, 0.1) is 6.10 Å². The maximum atomic E-state index is 10.1. The first-order valence-corrected chi connectivity index (χ1v) is 9.20. The summed E-state index contributed by atoms with van der Waals surface area (Å²) in [7, 11) is -1.64. The summed E-state index contributed by atoms with van der Waals surface area (Å²) >= 11 is 6.03. The Balaban J connectivity index is 2.78. The van der Waals surface area contributed by atoms with E-state index in [-0.39, 0.29) is 6.10 Å². The third-order valence-corrected chi connectivity index (χ3v) is 3.63. The minimum Gasteiger partial charge on any atom is -0.412 e. The zero-order valence-electron chi connectivity index (χ0n) is 10.2. The van der Waals surface area contributed by atoms with Crippen LogP contribution in [0.2, 0.25) is 24.7 Å². The number of hydrogen-bond acceptors (Lipinski definition) is 2. The molecule has 0 saturated carbocycles. The second-order valence-electron chi connectivity index (χ2n) is 4.90. The second kappa shape index (κ2) is 5.32. The van der Waals surface area contributed by atoms with Crippen molar-refractivity contribution in [2.45, 2.75) is 38.8 Å². The fraction of sp³-hybridized carbons (Fsp3) is 0.500. The standard InChI is InChI=1S/C12H19ClO2Si/c1-9(15-16(2,3)4)12(14)10-7-5-6-8-11(10)13/h5-9,12,14H,1-4H3/t9-,12-/m1/s1. The summed E-state index contributed by atoms with van der Waals surface area (Å²) in [4.78, 5) is 0. The molecule has 0 saturated heterocycles. The Hall–Kier alpha value is -0.353. The van der Waals surface area contributed by atoms with Crippen molar-refractivity contribution < 1.29 is 9.53 Å². The van der Waals surface area contributed by atoms with Crippen molar-refractivity contribution in [2.75, 3.05) is 0 Å². The molecule has 0 aromatic heterocycles. The lowest BCUT2D eigenvalue weighted by Crippen LogP contribution is -2.33. The Morgan fingerprint density at radius 2 is 1.81 bits per heavy atom. The van der Waals surface area contributed by atoms with Crippen molar-refractivity contribution in [2.24, 2.45) is 0 Å². The predicted molar refractivity (Wildman–Crippen MR) is 70.3 cm³/mol. The molecule has 0 bridgehead atoms. The first-order chi connectivity index (χ1) is 7.31. The largest absolute Gasteiger partial charge is 0.412 e. The van der Waals surface area contributed by atoms with Crippen LogP contribution in [0.3, 0.4) is 0 Å². The van der Waals surface area contributed by atoms with Gasteiger partial charge in [0.25, 0.3) is 0 Å². The normalized spacial score (nSPS) is 15.9. The molecule has 16 heavy (non-hydrogen) atoms. The van der Waals surface area contributed by atoms with Crippen LogP contribution in [0.15, 0.2) is 24.3 Å². The van der Waals surface area contributed by atoms with Gasteiger partial charge in [-0.2, -0.15) is 0 Å². The fourth-order valence-electron chi connectivity index (χ4n) is 1.59. The number of hydrogen-bond donors (Lipinski definition) is 1. The van der Waals surface area contributed by atoms with Gasteiger partial charge < -0.3 is 9.53 Å². The molecule has 4 heteroatoms. The van der Waals surface area contributed by atoms with E-state index in [2.05, 4.69) is 19.6 Å². The van der Waals surface area contributed by atoms with E-state index in [0.29, 0.717) is 5.02 Å². The van der Waals surface area contributed by atoms with Crippen LogP contribution in [-0.2, 0) is 4.43 Å². The number of aliphatic hydroxyl groups excluding tert-OH is 1. The molecule has 0 radical (unpaired) electrons. The van der Waals surface area contributed by atoms with Crippen LogP contribution >= 0.6 is 11.6 Å². The Bertz CT molecular complexity index is 349. The van der Waals surface area contributed by atoms with Gasteiger partial charge in [-0.25, -0.2) is 0 Å². The van der Waals surface area contributed by atoms with Gasteiger partial charge in [-0.05, 0) is 32.6 Å². The lowest BCUT2D eigenvalue weighted by Gasteiger charge is -2.27. The summed E-state index contributed by atoms with van der Waals surface area (Å²) in [6.07, 6.45) is -0.896. The summed E-state index contributed by atoms with van der Waals surface area (Å²) in [6, 6.07) is 7.33. The number of halogens is 1. The van der Waals surface area contributed by atoms with Gasteiger partial charge in [-0.15, -0.1) is 0 Å². The van der Waals surface area contributed by atoms with Crippen LogP contribution in [0, 0.1) is 0 Å². The van der Waals surface area contributed by atoms with Crippen molar-refractivity contribution in [1.29, 1.82) is 0 Å². The van der Waals surface area contributed by atoms with Gasteiger partial charge >= 0.3 is 0 Å². The zero-order valence-corrected chi connectivity index (χ0v) is 12.0. The molecule has 0 unspecified atom stereocenters. The van der Waals surface area contributed by atoms with Crippen LogP contribution in [-0.4, -0.2) is 19.5 Å². The average Bonchev–Trinajstić information content (AvgIpc) is 2.15. The van der Waals surface area contributed by atoms with Crippen molar-refractivity contribution in [3.63, 3.8) is 0 Å². The molecule has 2 atom stereocenters. The van der Waals surface area contributed by atoms with Crippen molar-refractivity contribution in [3.8, 4) is 0 Å². The molecule has 0 fully saturated rings. The van der Waals surface area contributed by atoms with Gasteiger partial charge in [-0.1, -0.05) is 29.8 Å². The summed E-state index contributed by atoms with van der Waals surface area (Å²) in [5, 5.41) is 10.7. The molecular weight excluding hydrogens is 240 g/mol. The minimum absolute atomic E-state index is 0.230. The highest BCUT2D eigenvalue weighted by atomic mass is 35.5. The minimum atomic E-state index is -1.64. The quantitative estimate of drug-likeness (QED) is 0.836. The molecule has 2 nitrogen and oxygen atoms in total. The number of rotatable bonds is 4.